The maximum atomic E-state index is 13.4. The predicted octanol–water partition coefficient (Wildman–Crippen LogP) is 3.81. The van der Waals surface area contributed by atoms with Crippen LogP contribution in [0.3, 0.4) is 0 Å². The van der Waals surface area contributed by atoms with Gasteiger partial charge in [-0.2, -0.15) is 0 Å². The van der Waals surface area contributed by atoms with Crippen molar-refractivity contribution in [3.63, 3.8) is 0 Å². The van der Waals surface area contributed by atoms with E-state index in [9.17, 15) is 14.0 Å². The number of nitrogens with one attached hydrogen (secondary N) is 1. The molecule has 1 aliphatic heterocycles. The van der Waals surface area contributed by atoms with Crippen molar-refractivity contribution in [1.82, 2.24) is 20.2 Å². The summed E-state index contributed by atoms with van der Waals surface area (Å²) in [6.07, 6.45) is 7.14. The highest BCUT2D eigenvalue weighted by Gasteiger charge is 2.34. The van der Waals surface area contributed by atoms with E-state index < -0.39 is 0 Å². The van der Waals surface area contributed by atoms with Crippen LogP contribution in [0, 0.1) is 19.7 Å². The van der Waals surface area contributed by atoms with E-state index in [0.29, 0.717) is 42.0 Å². The molecule has 1 saturated carbocycles. The molecule has 2 heterocycles. The third kappa shape index (κ3) is 5.09. The van der Waals surface area contributed by atoms with Gasteiger partial charge in [-0.05, 0) is 69.6 Å². The van der Waals surface area contributed by atoms with Gasteiger partial charge < -0.3 is 10.2 Å². The molecule has 2 aliphatic rings. The van der Waals surface area contributed by atoms with Crippen molar-refractivity contribution in [3.05, 3.63) is 58.4 Å². The third-order valence-electron chi connectivity index (χ3n) is 6.06. The van der Waals surface area contributed by atoms with Gasteiger partial charge in [-0.25, -0.2) is 14.4 Å². The Kier molecular flexibility index (Phi) is 6.30. The van der Waals surface area contributed by atoms with Gasteiger partial charge in [0, 0.05) is 25.2 Å². The molecule has 2 amide bonds. The van der Waals surface area contributed by atoms with Gasteiger partial charge in [0.05, 0.1) is 17.3 Å². The Morgan fingerprint density at radius 2 is 2.03 bits per heavy atom. The third-order valence-corrected chi connectivity index (χ3v) is 6.06. The first-order chi connectivity index (χ1) is 14.9. The first-order valence-corrected chi connectivity index (χ1v) is 11.1. The number of carbonyl (C=O) groups is 2. The van der Waals surface area contributed by atoms with Gasteiger partial charge in [0.1, 0.15) is 11.6 Å². The highest BCUT2D eigenvalue weighted by atomic mass is 19.1. The standard InChI is InChI=1S/C24H29FN4O2/c1-15-13-17(8-11-20(15)25)5-3-7-22(30)29-12-4-6-21(29)23-19(14-26-16(2)27-23)24(31)28-18-9-10-18/h8,11,13-14,18,21H,3-7,9-10,12H2,1-2H3,(H,28,31). The molecular formula is C24H29FN4O2. The van der Waals surface area contributed by atoms with Crippen molar-refractivity contribution in [2.75, 3.05) is 6.54 Å². The summed E-state index contributed by atoms with van der Waals surface area (Å²) in [7, 11) is 0. The maximum absolute atomic E-state index is 13.4. The Morgan fingerprint density at radius 1 is 1.23 bits per heavy atom. The largest absolute Gasteiger partial charge is 0.349 e. The molecule has 1 N–H and O–H groups in total. The number of carbonyl (C=O) groups excluding carboxylic acids is 2. The number of hydrogen-bond acceptors (Lipinski definition) is 4. The molecule has 7 heteroatoms. The van der Waals surface area contributed by atoms with Gasteiger partial charge in [-0.3, -0.25) is 9.59 Å². The highest BCUT2D eigenvalue weighted by Crippen LogP contribution is 2.34. The lowest BCUT2D eigenvalue weighted by atomic mass is 10.0. The van der Waals surface area contributed by atoms with Gasteiger partial charge in [0.25, 0.3) is 5.91 Å². The van der Waals surface area contributed by atoms with Crippen LogP contribution in [-0.4, -0.2) is 39.3 Å². The fourth-order valence-corrected chi connectivity index (χ4v) is 4.21. The quantitative estimate of drug-likeness (QED) is 0.733. The van der Waals surface area contributed by atoms with Gasteiger partial charge >= 0.3 is 0 Å². The lowest BCUT2D eigenvalue weighted by Gasteiger charge is -2.26. The average molecular weight is 425 g/mol. The second-order valence-corrected chi connectivity index (χ2v) is 8.65. The van der Waals surface area contributed by atoms with Crippen LogP contribution in [0.2, 0.25) is 0 Å². The molecule has 1 unspecified atom stereocenters. The van der Waals surface area contributed by atoms with Crippen molar-refractivity contribution < 1.29 is 14.0 Å². The Labute approximate surface area is 182 Å². The van der Waals surface area contributed by atoms with Crippen molar-refractivity contribution in [3.8, 4) is 0 Å². The minimum atomic E-state index is -0.207. The van der Waals surface area contributed by atoms with E-state index >= 15 is 0 Å². The molecule has 0 bridgehead atoms. The van der Waals surface area contributed by atoms with Crippen LogP contribution in [0.25, 0.3) is 0 Å². The second-order valence-electron chi connectivity index (χ2n) is 8.65. The molecule has 1 aliphatic carbocycles. The number of likely N-dealkylation sites (tertiary alicyclic amines) is 1. The molecule has 2 fully saturated rings. The monoisotopic (exact) mass is 424 g/mol. The van der Waals surface area contributed by atoms with Gasteiger partial charge in [0.2, 0.25) is 5.91 Å². The SMILES string of the molecule is Cc1ncc(C(=O)NC2CC2)c(C2CCCN2C(=O)CCCc2ccc(F)c(C)c2)n1. The Balaban J connectivity index is 1.43. The summed E-state index contributed by atoms with van der Waals surface area (Å²) in [6, 6.07) is 5.15. The van der Waals surface area contributed by atoms with Gasteiger partial charge in [0.15, 0.2) is 0 Å². The van der Waals surface area contributed by atoms with Crippen molar-refractivity contribution in [1.29, 1.82) is 0 Å². The lowest BCUT2D eigenvalue weighted by Crippen LogP contribution is -2.34. The van der Waals surface area contributed by atoms with E-state index in [1.807, 2.05) is 11.0 Å². The summed E-state index contributed by atoms with van der Waals surface area (Å²) in [5.41, 5.74) is 2.80. The zero-order valence-electron chi connectivity index (χ0n) is 18.2. The van der Waals surface area contributed by atoms with Crippen molar-refractivity contribution in [2.24, 2.45) is 0 Å². The Bertz CT molecular complexity index is 990. The van der Waals surface area contributed by atoms with E-state index in [4.69, 9.17) is 0 Å². The first kappa shape index (κ1) is 21.4. The minimum absolute atomic E-state index is 0.0751. The lowest BCUT2D eigenvalue weighted by molar-refractivity contribution is -0.132. The highest BCUT2D eigenvalue weighted by molar-refractivity contribution is 5.95. The summed E-state index contributed by atoms with van der Waals surface area (Å²) in [4.78, 5) is 36.4. The van der Waals surface area contributed by atoms with Gasteiger partial charge in [-0.1, -0.05) is 12.1 Å². The Hall–Kier alpha value is -2.83. The molecule has 2 aromatic rings. The van der Waals surface area contributed by atoms with Crippen LogP contribution >= 0.6 is 0 Å². The minimum Gasteiger partial charge on any atom is -0.349 e. The van der Waals surface area contributed by atoms with Crippen LogP contribution < -0.4 is 5.32 Å². The number of benzene rings is 1. The predicted molar refractivity (Wildman–Crippen MR) is 115 cm³/mol. The van der Waals surface area contributed by atoms with Crippen LogP contribution in [0.15, 0.2) is 24.4 Å². The van der Waals surface area contributed by atoms with Crippen LogP contribution in [0.5, 0.6) is 0 Å². The van der Waals surface area contributed by atoms with E-state index in [2.05, 4.69) is 15.3 Å². The number of hydrogen-bond donors (Lipinski definition) is 1. The number of rotatable bonds is 7. The molecule has 0 spiro atoms. The second kappa shape index (κ2) is 9.12. The Morgan fingerprint density at radius 3 is 2.77 bits per heavy atom. The number of aryl methyl sites for hydroxylation is 3. The molecular weight excluding hydrogens is 395 g/mol. The van der Waals surface area contributed by atoms with Crippen LogP contribution in [0.1, 0.15) is 77.6 Å². The summed E-state index contributed by atoms with van der Waals surface area (Å²) in [5, 5.41) is 3.01. The zero-order valence-corrected chi connectivity index (χ0v) is 18.2. The normalized spacial score (nSPS) is 18.3. The summed E-state index contributed by atoms with van der Waals surface area (Å²) < 4.78 is 13.4. The molecule has 6 nitrogen and oxygen atoms in total. The summed E-state index contributed by atoms with van der Waals surface area (Å²) in [6.45, 7) is 4.23. The first-order valence-electron chi connectivity index (χ1n) is 11.1. The molecule has 1 aromatic heterocycles. The molecule has 1 atom stereocenters. The van der Waals surface area contributed by atoms with Gasteiger partial charge in [-0.15, -0.1) is 0 Å². The topological polar surface area (TPSA) is 75.2 Å². The van der Waals surface area contributed by atoms with E-state index in [1.54, 1.807) is 26.1 Å². The zero-order chi connectivity index (χ0) is 22.0. The van der Waals surface area contributed by atoms with Crippen LogP contribution in [0.4, 0.5) is 4.39 Å². The molecule has 31 heavy (non-hydrogen) atoms. The molecule has 164 valence electrons. The number of aromatic nitrogens is 2. The number of nitrogens with zero attached hydrogens (tertiary/aromatic N) is 3. The molecule has 1 saturated heterocycles. The molecule has 1 aromatic carbocycles. The van der Waals surface area contributed by atoms with E-state index in [1.165, 1.54) is 6.07 Å². The van der Waals surface area contributed by atoms with Crippen LogP contribution in [-0.2, 0) is 11.2 Å². The fraction of sp³-hybridized carbons (Fsp3) is 0.500. The van der Waals surface area contributed by atoms with Crippen molar-refractivity contribution >= 4 is 11.8 Å². The smallest absolute Gasteiger partial charge is 0.255 e. The fourth-order valence-electron chi connectivity index (χ4n) is 4.21. The summed E-state index contributed by atoms with van der Waals surface area (Å²) >= 11 is 0. The number of halogens is 1. The molecule has 4 rings (SSSR count). The maximum Gasteiger partial charge on any atom is 0.255 e. The average Bonchev–Trinajstić information content (AvgIpc) is 3.41. The molecule has 0 radical (unpaired) electrons. The number of amides is 2. The van der Waals surface area contributed by atoms with E-state index in [-0.39, 0.29) is 29.7 Å². The van der Waals surface area contributed by atoms with Crippen molar-refractivity contribution in [2.45, 2.75) is 70.9 Å². The summed E-state index contributed by atoms with van der Waals surface area (Å²) in [5.74, 6) is 0.319. The van der Waals surface area contributed by atoms with E-state index in [0.717, 1.165) is 37.7 Å².